The maximum absolute atomic E-state index is 6.29. The van der Waals surface area contributed by atoms with Gasteiger partial charge in [-0.25, -0.2) is 0 Å². The van der Waals surface area contributed by atoms with Gasteiger partial charge in [-0.1, -0.05) is 23.7 Å². The van der Waals surface area contributed by atoms with E-state index in [1.807, 2.05) is 36.9 Å². The van der Waals surface area contributed by atoms with Crippen LogP contribution in [0.3, 0.4) is 0 Å². The Balaban J connectivity index is 2.13. The van der Waals surface area contributed by atoms with E-state index in [4.69, 9.17) is 22.2 Å². The van der Waals surface area contributed by atoms with Gasteiger partial charge in [0.2, 0.25) is 0 Å². The summed E-state index contributed by atoms with van der Waals surface area (Å²) in [5.74, 6) is 6.54. The Bertz CT molecular complexity index is 612. The summed E-state index contributed by atoms with van der Waals surface area (Å²) in [7, 11) is 3.56. The Morgan fingerprint density at radius 3 is 2.76 bits per heavy atom. The molecule has 0 saturated carbocycles. The summed E-state index contributed by atoms with van der Waals surface area (Å²) in [6, 6.07) is 8.05. The van der Waals surface area contributed by atoms with Gasteiger partial charge in [0.15, 0.2) is 0 Å². The fraction of sp³-hybridized carbons (Fsp3) is 0.400. The van der Waals surface area contributed by atoms with Gasteiger partial charge in [-0.3, -0.25) is 16.0 Å². The van der Waals surface area contributed by atoms with Crippen LogP contribution in [0.25, 0.3) is 0 Å². The molecule has 2 aromatic rings. The molecule has 114 valence electrons. The number of methoxy groups -OCH3 is 1. The lowest BCUT2D eigenvalue weighted by Crippen LogP contribution is -2.39. The summed E-state index contributed by atoms with van der Waals surface area (Å²) >= 11 is 6.29. The van der Waals surface area contributed by atoms with Gasteiger partial charge >= 0.3 is 0 Å². The third-order valence-electron chi connectivity index (χ3n) is 3.55. The Labute approximate surface area is 130 Å². The number of hydrogen-bond donors (Lipinski definition) is 2. The quantitative estimate of drug-likeness (QED) is 0.633. The maximum Gasteiger partial charge on any atom is 0.119 e. The number of aromatic nitrogens is 2. The van der Waals surface area contributed by atoms with Gasteiger partial charge in [0, 0.05) is 19.5 Å². The van der Waals surface area contributed by atoms with E-state index in [0.29, 0.717) is 11.4 Å². The van der Waals surface area contributed by atoms with E-state index in [-0.39, 0.29) is 6.04 Å². The first-order chi connectivity index (χ1) is 10.0. The molecule has 0 bridgehead atoms. The second-order valence-corrected chi connectivity index (χ2v) is 5.47. The zero-order chi connectivity index (χ0) is 15.4. The molecule has 1 aromatic heterocycles. The maximum atomic E-state index is 6.29. The van der Waals surface area contributed by atoms with Crippen molar-refractivity contribution in [2.24, 2.45) is 12.9 Å². The van der Waals surface area contributed by atoms with E-state index < -0.39 is 0 Å². The number of nitrogens with zero attached hydrogens (tertiary/aromatic N) is 2. The zero-order valence-corrected chi connectivity index (χ0v) is 13.3. The number of nitrogens with one attached hydrogen (secondary N) is 1. The number of nitrogens with two attached hydrogens (primary N) is 1. The lowest BCUT2D eigenvalue weighted by molar-refractivity contribution is 0.413. The minimum absolute atomic E-state index is 0.0735. The monoisotopic (exact) mass is 308 g/mol. The first-order valence-electron chi connectivity index (χ1n) is 6.82. The highest BCUT2D eigenvalue weighted by atomic mass is 35.5. The third kappa shape index (κ3) is 3.75. The molecule has 0 amide bonds. The lowest BCUT2D eigenvalue weighted by atomic mass is 10.0. The third-order valence-corrected chi connectivity index (χ3v) is 4.04. The van der Waals surface area contributed by atoms with Gasteiger partial charge in [-0.15, -0.1) is 0 Å². The predicted molar refractivity (Wildman–Crippen MR) is 84.5 cm³/mol. The van der Waals surface area contributed by atoms with E-state index >= 15 is 0 Å². The highest BCUT2D eigenvalue weighted by molar-refractivity contribution is 6.31. The summed E-state index contributed by atoms with van der Waals surface area (Å²) in [5, 5.41) is 5.04. The van der Waals surface area contributed by atoms with E-state index in [1.54, 1.807) is 7.11 Å². The van der Waals surface area contributed by atoms with Gasteiger partial charge in [-0.2, -0.15) is 5.10 Å². The second-order valence-electron chi connectivity index (χ2n) is 5.09. The summed E-state index contributed by atoms with van der Waals surface area (Å²) in [5.41, 5.74) is 5.84. The molecule has 1 atom stereocenters. The molecule has 0 spiro atoms. The number of rotatable bonds is 6. The summed E-state index contributed by atoms with van der Waals surface area (Å²) in [6.45, 7) is 1.90. The number of hydrogen-bond acceptors (Lipinski definition) is 4. The van der Waals surface area contributed by atoms with E-state index in [0.717, 1.165) is 29.1 Å². The molecule has 1 heterocycles. The average molecular weight is 309 g/mol. The van der Waals surface area contributed by atoms with Crippen molar-refractivity contribution < 1.29 is 4.74 Å². The number of halogens is 1. The van der Waals surface area contributed by atoms with Crippen LogP contribution in [0.15, 0.2) is 24.3 Å². The van der Waals surface area contributed by atoms with Gasteiger partial charge < -0.3 is 4.74 Å². The molecule has 0 fully saturated rings. The average Bonchev–Trinajstić information content (AvgIpc) is 2.73. The number of benzene rings is 1. The molecule has 5 nitrogen and oxygen atoms in total. The van der Waals surface area contributed by atoms with E-state index in [1.165, 1.54) is 0 Å². The van der Waals surface area contributed by atoms with Crippen LogP contribution in [0, 0.1) is 6.92 Å². The van der Waals surface area contributed by atoms with Crippen LogP contribution in [0.5, 0.6) is 5.75 Å². The molecule has 1 unspecified atom stereocenters. The molecular weight excluding hydrogens is 288 g/mol. The van der Waals surface area contributed by atoms with E-state index in [2.05, 4.69) is 16.6 Å². The van der Waals surface area contributed by atoms with Crippen LogP contribution in [0.2, 0.25) is 5.02 Å². The van der Waals surface area contributed by atoms with Gasteiger partial charge in [0.05, 0.1) is 23.5 Å². The largest absolute Gasteiger partial charge is 0.497 e. The van der Waals surface area contributed by atoms with Gasteiger partial charge in [0.1, 0.15) is 5.75 Å². The van der Waals surface area contributed by atoms with Crippen LogP contribution in [0.4, 0.5) is 0 Å². The van der Waals surface area contributed by atoms with Gasteiger partial charge in [0.25, 0.3) is 0 Å². The van der Waals surface area contributed by atoms with Crippen LogP contribution >= 0.6 is 11.6 Å². The molecule has 21 heavy (non-hydrogen) atoms. The highest BCUT2D eigenvalue weighted by Crippen LogP contribution is 2.22. The minimum Gasteiger partial charge on any atom is -0.497 e. The molecule has 6 heteroatoms. The van der Waals surface area contributed by atoms with Crippen LogP contribution in [-0.2, 0) is 19.9 Å². The summed E-state index contributed by atoms with van der Waals surface area (Å²) < 4.78 is 7.06. The zero-order valence-electron chi connectivity index (χ0n) is 12.6. The van der Waals surface area contributed by atoms with Crippen molar-refractivity contribution in [3.05, 3.63) is 46.2 Å². The number of ether oxygens (including phenoxy) is 1. The molecule has 0 radical (unpaired) electrons. The van der Waals surface area contributed by atoms with Crippen molar-refractivity contribution in [1.29, 1.82) is 0 Å². The number of aryl methyl sites for hydroxylation is 2. The van der Waals surface area contributed by atoms with Crippen LogP contribution in [0.1, 0.15) is 17.0 Å². The lowest BCUT2D eigenvalue weighted by Gasteiger charge is -2.17. The van der Waals surface area contributed by atoms with Crippen molar-refractivity contribution in [2.75, 3.05) is 7.11 Å². The molecular formula is C15H21ClN4O. The molecule has 0 aliphatic rings. The Kier molecular flexibility index (Phi) is 5.22. The molecule has 3 N–H and O–H groups in total. The smallest absolute Gasteiger partial charge is 0.119 e. The fourth-order valence-corrected chi connectivity index (χ4v) is 2.65. The predicted octanol–water partition coefficient (Wildman–Crippen LogP) is 2.01. The van der Waals surface area contributed by atoms with Crippen molar-refractivity contribution in [3.8, 4) is 5.75 Å². The second kappa shape index (κ2) is 6.93. The van der Waals surface area contributed by atoms with Crippen molar-refractivity contribution in [1.82, 2.24) is 15.2 Å². The number of hydrazine groups is 1. The first-order valence-corrected chi connectivity index (χ1v) is 7.20. The normalized spacial score (nSPS) is 12.4. The summed E-state index contributed by atoms with van der Waals surface area (Å²) in [4.78, 5) is 0. The SMILES string of the molecule is COc1cccc(CC(Cc2c(Cl)c(C)nn2C)NN)c1. The van der Waals surface area contributed by atoms with Crippen molar-refractivity contribution in [2.45, 2.75) is 25.8 Å². The van der Waals surface area contributed by atoms with Crippen molar-refractivity contribution in [3.63, 3.8) is 0 Å². The van der Waals surface area contributed by atoms with Gasteiger partial charge in [-0.05, 0) is 31.0 Å². The molecule has 2 rings (SSSR count). The first kappa shape index (κ1) is 15.8. The molecule has 0 aliphatic carbocycles. The van der Waals surface area contributed by atoms with Crippen molar-refractivity contribution >= 4 is 11.6 Å². The topological polar surface area (TPSA) is 65.1 Å². The Morgan fingerprint density at radius 2 is 2.19 bits per heavy atom. The minimum atomic E-state index is 0.0735. The molecule has 0 aliphatic heterocycles. The fourth-order valence-electron chi connectivity index (χ4n) is 2.41. The summed E-state index contributed by atoms with van der Waals surface area (Å²) in [6.07, 6.45) is 1.50. The van der Waals surface area contributed by atoms with Crippen LogP contribution in [-0.4, -0.2) is 22.9 Å². The molecule has 1 aromatic carbocycles. The van der Waals surface area contributed by atoms with E-state index in [9.17, 15) is 0 Å². The Morgan fingerprint density at radius 1 is 1.43 bits per heavy atom. The molecule has 0 saturated heterocycles. The standard InChI is InChI=1S/C15H21ClN4O/c1-10-15(16)14(20(2)19-10)9-12(18-17)7-11-5-4-6-13(8-11)21-3/h4-6,8,12,18H,7,9,17H2,1-3H3. The Hall–Kier alpha value is -1.56. The highest BCUT2D eigenvalue weighted by Gasteiger charge is 2.17. The van der Waals surface area contributed by atoms with Crippen LogP contribution < -0.4 is 16.0 Å².